The van der Waals surface area contributed by atoms with E-state index in [2.05, 4.69) is 34.7 Å². The van der Waals surface area contributed by atoms with Crippen LogP contribution in [0.5, 0.6) is 0 Å². The Morgan fingerprint density at radius 1 is 1.05 bits per heavy atom. The topological polar surface area (TPSA) is 48.2 Å². The first-order valence-electron chi connectivity index (χ1n) is 6.82. The number of hydrogen-bond acceptors (Lipinski definition) is 3. The molecule has 2 aromatic carbocycles. The van der Waals surface area contributed by atoms with Crippen molar-refractivity contribution in [2.75, 3.05) is 5.32 Å². The maximum atomic E-state index is 7.43. The van der Waals surface area contributed by atoms with Crippen molar-refractivity contribution in [3.05, 3.63) is 71.8 Å². The number of para-hydroxylation sites is 1. The molecule has 3 heteroatoms. The number of fused-ring (bicyclic) bond motifs is 1. The first-order valence-corrected chi connectivity index (χ1v) is 6.82. The van der Waals surface area contributed by atoms with E-state index < -0.39 is 0 Å². The highest BCUT2D eigenvalue weighted by Gasteiger charge is 2.18. The fourth-order valence-corrected chi connectivity index (χ4v) is 2.56. The van der Waals surface area contributed by atoms with E-state index in [1.807, 2.05) is 42.5 Å². The Kier molecular flexibility index (Phi) is 3.59. The molecular formula is C17H17N3. The van der Waals surface area contributed by atoms with Crippen molar-refractivity contribution in [3.63, 3.8) is 0 Å². The van der Waals surface area contributed by atoms with Crippen LogP contribution >= 0.6 is 0 Å². The summed E-state index contributed by atoms with van der Waals surface area (Å²) >= 11 is 0. The van der Waals surface area contributed by atoms with Crippen molar-refractivity contribution in [1.82, 2.24) is 0 Å². The van der Waals surface area contributed by atoms with Gasteiger partial charge in [-0.1, -0.05) is 60.7 Å². The van der Waals surface area contributed by atoms with Crippen LogP contribution in [0.15, 0.2) is 65.8 Å². The summed E-state index contributed by atoms with van der Waals surface area (Å²) in [5, 5.41) is 7.29. The Balaban J connectivity index is 1.74. The van der Waals surface area contributed by atoms with Gasteiger partial charge in [-0.05, 0) is 23.6 Å². The second kappa shape index (κ2) is 5.70. The number of nitrogens with one attached hydrogen (secondary N) is 2. The molecule has 0 radical (unpaired) electrons. The summed E-state index contributed by atoms with van der Waals surface area (Å²) in [6, 6.07) is 18.4. The van der Waals surface area contributed by atoms with Gasteiger partial charge in [0.15, 0.2) is 0 Å². The Morgan fingerprint density at radius 2 is 1.80 bits per heavy atom. The SMILES string of the molecule is N=N[C@H](CC1C=Cc2ccccc2N1)c1ccccc1. The number of rotatable bonds is 4. The zero-order valence-corrected chi connectivity index (χ0v) is 11.2. The summed E-state index contributed by atoms with van der Waals surface area (Å²) < 4.78 is 0. The van der Waals surface area contributed by atoms with E-state index >= 15 is 0 Å². The summed E-state index contributed by atoms with van der Waals surface area (Å²) in [5.41, 5.74) is 10.9. The van der Waals surface area contributed by atoms with Crippen LogP contribution in [0.25, 0.3) is 6.08 Å². The van der Waals surface area contributed by atoms with Crippen molar-refractivity contribution < 1.29 is 0 Å². The molecule has 100 valence electrons. The molecule has 20 heavy (non-hydrogen) atoms. The van der Waals surface area contributed by atoms with Crippen LogP contribution < -0.4 is 5.32 Å². The minimum absolute atomic E-state index is 0.0939. The van der Waals surface area contributed by atoms with E-state index in [-0.39, 0.29) is 12.1 Å². The lowest BCUT2D eigenvalue weighted by molar-refractivity contribution is 0.586. The molecule has 1 unspecified atom stereocenters. The number of nitrogens with zero attached hydrogens (tertiary/aromatic N) is 1. The minimum atomic E-state index is -0.0939. The zero-order valence-electron chi connectivity index (χ0n) is 11.2. The lowest BCUT2D eigenvalue weighted by atomic mass is 9.96. The van der Waals surface area contributed by atoms with Crippen LogP contribution in [0.1, 0.15) is 23.6 Å². The molecule has 0 aromatic heterocycles. The molecule has 0 amide bonds. The molecule has 0 saturated carbocycles. The highest BCUT2D eigenvalue weighted by molar-refractivity contribution is 5.70. The molecule has 1 aliphatic heterocycles. The van der Waals surface area contributed by atoms with E-state index in [1.54, 1.807) is 0 Å². The fourth-order valence-electron chi connectivity index (χ4n) is 2.56. The Labute approximate surface area is 118 Å². The molecule has 3 rings (SSSR count). The van der Waals surface area contributed by atoms with Crippen LogP contribution in [0.3, 0.4) is 0 Å². The summed E-state index contributed by atoms with van der Waals surface area (Å²) in [7, 11) is 0. The summed E-state index contributed by atoms with van der Waals surface area (Å²) in [6.07, 6.45) is 5.09. The van der Waals surface area contributed by atoms with Crippen molar-refractivity contribution in [2.24, 2.45) is 5.11 Å². The quantitative estimate of drug-likeness (QED) is 0.774. The average molecular weight is 263 g/mol. The van der Waals surface area contributed by atoms with Crippen molar-refractivity contribution >= 4 is 11.8 Å². The maximum Gasteiger partial charge on any atom is 0.0977 e. The fraction of sp³-hybridized carbons (Fsp3) is 0.176. The van der Waals surface area contributed by atoms with Gasteiger partial charge in [0.1, 0.15) is 0 Å². The van der Waals surface area contributed by atoms with E-state index in [1.165, 1.54) is 5.56 Å². The molecule has 0 fully saturated rings. The van der Waals surface area contributed by atoms with Gasteiger partial charge in [0.2, 0.25) is 0 Å². The van der Waals surface area contributed by atoms with Gasteiger partial charge in [-0.3, -0.25) is 0 Å². The molecule has 0 aliphatic carbocycles. The molecule has 1 heterocycles. The summed E-state index contributed by atoms with van der Waals surface area (Å²) in [5.74, 6) is 0. The summed E-state index contributed by atoms with van der Waals surface area (Å²) in [4.78, 5) is 0. The standard InChI is InChI=1S/C17H17N3/c18-20-17(13-6-2-1-3-7-13)12-15-11-10-14-8-4-5-9-16(14)19-15/h1-11,15,17-19H,12H2/t15?,17-/m1/s1. The van der Waals surface area contributed by atoms with Gasteiger partial charge < -0.3 is 5.32 Å². The number of anilines is 1. The molecular weight excluding hydrogens is 246 g/mol. The van der Waals surface area contributed by atoms with Gasteiger partial charge in [0.05, 0.1) is 6.04 Å². The van der Waals surface area contributed by atoms with Gasteiger partial charge in [-0.15, -0.1) is 0 Å². The van der Waals surface area contributed by atoms with Gasteiger partial charge in [-0.2, -0.15) is 5.11 Å². The van der Waals surface area contributed by atoms with E-state index in [4.69, 9.17) is 5.53 Å². The van der Waals surface area contributed by atoms with Crippen LogP contribution in [-0.4, -0.2) is 6.04 Å². The Bertz CT molecular complexity index is 619. The van der Waals surface area contributed by atoms with Crippen LogP contribution in [-0.2, 0) is 0 Å². The smallest absolute Gasteiger partial charge is 0.0977 e. The third-order valence-corrected chi connectivity index (χ3v) is 3.63. The van der Waals surface area contributed by atoms with Crippen LogP contribution in [0.4, 0.5) is 5.69 Å². The normalized spacial score (nSPS) is 17.9. The lowest BCUT2D eigenvalue weighted by Crippen LogP contribution is -2.22. The number of benzene rings is 2. The minimum Gasteiger partial charge on any atom is -0.378 e. The Morgan fingerprint density at radius 3 is 2.60 bits per heavy atom. The molecule has 3 nitrogen and oxygen atoms in total. The Hall–Kier alpha value is -2.42. The molecule has 2 aromatic rings. The third kappa shape index (κ3) is 2.62. The molecule has 0 bridgehead atoms. The summed E-state index contributed by atoms with van der Waals surface area (Å²) in [6.45, 7) is 0. The molecule has 0 spiro atoms. The second-order valence-corrected chi connectivity index (χ2v) is 4.99. The number of hydrogen-bond donors (Lipinski definition) is 2. The third-order valence-electron chi connectivity index (χ3n) is 3.63. The molecule has 0 saturated heterocycles. The van der Waals surface area contributed by atoms with E-state index in [9.17, 15) is 0 Å². The second-order valence-electron chi connectivity index (χ2n) is 4.99. The predicted molar refractivity (Wildman–Crippen MR) is 81.8 cm³/mol. The molecule has 2 atom stereocenters. The van der Waals surface area contributed by atoms with Gasteiger partial charge in [0.25, 0.3) is 0 Å². The highest BCUT2D eigenvalue weighted by atomic mass is 15.0. The van der Waals surface area contributed by atoms with Gasteiger partial charge >= 0.3 is 0 Å². The van der Waals surface area contributed by atoms with Crippen LogP contribution in [0, 0.1) is 5.53 Å². The maximum absolute atomic E-state index is 7.43. The van der Waals surface area contributed by atoms with Crippen molar-refractivity contribution in [2.45, 2.75) is 18.5 Å². The monoisotopic (exact) mass is 263 g/mol. The first-order chi connectivity index (χ1) is 9.86. The largest absolute Gasteiger partial charge is 0.378 e. The lowest BCUT2D eigenvalue weighted by Gasteiger charge is -2.24. The predicted octanol–water partition coefficient (Wildman–Crippen LogP) is 4.66. The van der Waals surface area contributed by atoms with Crippen molar-refractivity contribution in [1.29, 1.82) is 5.53 Å². The zero-order chi connectivity index (χ0) is 13.8. The molecule has 1 aliphatic rings. The first kappa shape index (κ1) is 12.6. The molecule has 2 N–H and O–H groups in total. The van der Waals surface area contributed by atoms with E-state index in [0.717, 1.165) is 17.7 Å². The van der Waals surface area contributed by atoms with Gasteiger partial charge in [-0.25, -0.2) is 5.53 Å². The average Bonchev–Trinajstić information content (AvgIpc) is 2.53. The van der Waals surface area contributed by atoms with Gasteiger partial charge in [0, 0.05) is 11.7 Å². The van der Waals surface area contributed by atoms with Crippen molar-refractivity contribution in [3.8, 4) is 0 Å². The highest BCUT2D eigenvalue weighted by Crippen LogP contribution is 2.28. The van der Waals surface area contributed by atoms with Crippen LogP contribution in [0.2, 0.25) is 0 Å². The van der Waals surface area contributed by atoms with E-state index in [0.29, 0.717) is 0 Å².